The molecule has 0 atom stereocenters. The lowest BCUT2D eigenvalue weighted by Crippen LogP contribution is -2.12. The Morgan fingerprint density at radius 2 is 2.04 bits per heavy atom. The van der Waals surface area contributed by atoms with E-state index in [2.05, 4.69) is 16.4 Å². The molecule has 3 aromatic rings. The number of hydrogen-bond acceptors (Lipinski definition) is 5. The van der Waals surface area contributed by atoms with Crippen molar-refractivity contribution < 1.29 is 9.66 Å². The van der Waals surface area contributed by atoms with Crippen molar-refractivity contribution in [1.29, 1.82) is 0 Å². The van der Waals surface area contributed by atoms with Crippen molar-refractivity contribution in [1.82, 2.24) is 4.98 Å². The topological polar surface area (TPSA) is 77.3 Å². The molecule has 0 aliphatic carbocycles. The van der Waals surface area contributed by atoms with Crippen LogP contribution in [0.3, 0.4) is 0 Å². The zero-order valence-electron chi connectivity index (χ0n) is 14.2. The van der Waals surface area contributed by atoms with Crippen molar-refractivity contribution in [3.63, 3.8) is 0 Å². The number of aromatic nitrogens is 1. The highest BCUT2D eigenvalue weighted by Crippen LogP contribution is 2.29. The van der Waals surface area contributed by atoms with Crippen LogP contribution < -0.4 is 10.1 Å². The number of ether oxygens (including phenoxy) is 1. The number of benzene rings is 2. The van der Waals surface area contributed by atoms with Crippen LogP contribution in [0.5, 0.6) is 5.75 Å². The highest BCUT2D eigenvalue weighted by atomic mass is 16.6. The summed E-state index contributed by atoms with van der Waals surface area (Å²) in [6.07, 6.45) is 1.63. The van der Waals surface area contributed by atoms with Gasteiger partial charge in [0.2, 0.25) is 0 Å². The second-order valence-corrected chi connectivity index (χ2v) is 5.83. The Balaban J connectivity index is 1.69. The van der Waals surface area contributed by atoms with Crippen LogP contribution in [0, 0.1) is 24.0 Å². The van der Waals surface area contributed by atoms with E-state index in [0.717, 1.165) is 17.0 Å². The summed E-state index contributed by atoms with van der Waals surface area (Å²) in [5, 5.41) is 14.9. The van der Waals surface area contributed by atoms with Gasteiger partial charge in [-0.2, -0.15) is 0 Å². The molecule has 0 saturated carbocycles. The monoisotopic (exact) mass is 337 g/mol. The van der Waals surface area contributed by atoms with Crippen molar-refractivity contribution in [2.45, 2.75) is 13.8 Å². The Kier molecular flexibility index (Phi) is 4.79. The summed E-state index contributed by atoms with van der Waals surface area (Å²) in [6, 6.07) is 12.6. The minimum Gasteiger partial charge on any atom is -0.491 e. The van der Waals surface area contributed by atoms with Crippen LogP contribution >= 0.6 is 0 Å². The van der Waals surface area contributed by atoms with Crippen molar-refractivity contribution in [3.8, 4) is 5.75 Å². The molecular weight excluding hydrogens is 318 g/mol. The highest BCUT2D eigenvalue weighted by Gasteiger charge is 2.14. The molecule has 0 bridgehead atoms. The number of nitrogens with zero attached hydrogens (tertiary/aromatic N) is 2. The zero-order chi connectivity index (χ0) is 17.8. The van der Waals surface area contributed by atoms with Crippen LogP contribution in [0.4, 0.5) is 11.4 Å². The molecule has 0 aliphatic heterocycles. The lowest BCUT2D eigenvalue weighted by molar-refractivity contribution is -0.383. The van der Waals surface area contributed by atoms with Gasteiger partial charge in [0.05, 0.1) is 16.0 Å². The number of nitro groups is 1. The molecule has 1 N–H and O–H groups in total. The molecule has 1 aromatic heterocycles. The Bertz CT molecular complexity index is 925. The van der Waals surface area contributed by atoms with Gasteiger partial charge in [0.25, 0.3) is 5.69 Å². The van der Waals surface area contributed by atoms with Gasteiger partial charge in [-0.1, -0.05) is 17.7 Å². The van der Waals surface area contributed by atoms with Crippen LogP contribution in [-0.4, -0.2) is 23.1 Å². The predicted octanol–water partition coefficient (Wildman–Crippen LogP) is 4.25. The largest absolute Gasteiger partial charge is 0.491 e. The molecule has 25 heavy (non-hydrogen) atoms. The van der Waals surface area contributed by atoms with Crippen molar-refractivity contribution >= 4 is 22.3 Å². The Morgan fingerprint density at radius 1 is 1.20 bits per heavy atom. The second-order valence-electron chi connectivity index (χ2n) is 5.83. The molecule has 3 rings (SSSR count). The van der Waals surface area contributed by atoms with E-state index in [1.54, 1.807) is 24.4 Å². The maximum Gasteiger partial charge on any atom is 0.278 e. The van der Waals surface area contributed by atoms with Crippen LogP contribution in [-0.2, 0) is 0 Å². The second kappa shape index (κ2) is 7.17. The molecule has 1 heterocycles. The van der Waals surface area contributed by atoms with Crippen molar-refractivity contribution in [3.05, 3.63) is 69.9 Å². The van der Waals surface area contributed by atoms with E-state index in [0.29, 0.717) is 24.1 Å². The molecule has 0 unspecified atom stereocenters. The average Bonchev–Trinajstić information content (AvgIpc) is 2.59. The third kappa shape index (κ3) is 3.68. The molecule has 2 aromatic carbocycles. The molecule has 0 fully saturated rings. The van der Waals surface area contributed by atoms with Gasteiger partial charge in [-0.15, -0.1) is 0 Å². The number of rotatable bonds is 6. The summed E-state index contributed by atoms with van der Waals surface area (Å²) in [7, 11) is 0. The van der Waals surface area contributed by atoms with Crippen LogP contribution in [0.1, 0.15) is 11.1 Å². The van der Waals surface area contributed by atoms with Gasteiger partial charge in [-0.3, -0.25) is 15.1 Å². The van der Waals surface area contributed by atoms with E-state index < -0.39 is 4.92 Å². The van der Waals surface area contributed by atoms with Gasteiger partial charge < -0.3 is 10.1 Å². The number of fused-ring (bicyclic) bond motifs is 1. The van der Waals surface area contributed by atoms with Gasteiger partial charge in [0.15, 0.2) is 0 Å². The van der Waals surface area contributed by atoms with E-state index in [1.807, 2.05) is 26.0 Å². The quantitative estimate of drug-likeness (QED) is 0.413. The third-order valence-electron chi connectivity index (χ3n) is 3.95. The van der Waals surface area contributed by atoms with Crippen LogP contribution in [0.2, 0.25) is 0 Å². The van der Waals surface area contributed by atoms with Crippen molar-refractivity contribution in [2.24, 2.45) is 0 Å². The summed E-state index contributed by atoms with van der Waals surface area (Å²) >= 11 is 0. The molecule has 0 spiro atoms. The fourth-order valence-electron chi connectivity index (χ4n) is 2.77. The summed E-state index contributed by atoms with van der Waals surface area (Å²) < 4.78 is 5.80. The number of nitro benzene ring substituents is 1. The molecular formula is C19H19N3O3. The average molecular weight is 337 g/mol. The molecule has 128 valence electrons. The minimum atomic E-state index is -0.392. The predicted molar refractivity (Wildman–Crippen MR) is 98.3 cm³/mol. The summed E-state index contributed by atoms with van der Waals surface area (Å²) in [6.45, 7) is 5.11. The van der Waals surface area contributed by atoms with E-state index in [-0.39, 0.29) is 5.69 Å². The number of non-ortho nitro benzene ring substituents is 1. The number of nitrogens with one attached hydrogen (secondary N) is 1. The zero-order valence-corrected chi connectivity index (χ0v) is 14.2. The number of hydrogen-bond donors (Lipinski definition) is 1. The summed E-state index contributed by atoms with van der Waals surface area (Å²) in [5.41, 5.74) is 3.70. The maximum atomic E-state index is 11.1. The lowest BCUT2D eigenvalue weighted by atomic mass is 10.1. The normalized spacial score (nSPS) is 10.6. The molecule has 0 radical (unpaired) electrons. The number of pyridine rings is 1. The molecule has 6 heteroatoms. The fraction of sp³-hybridized carbons (Fsp3) is 0.211. The minimum absolute atomic E-state index is 0.0557. The lowest BCUT2D eigenvalue weighted by Gasteiger charge is -2.12. The van der Waals surface area contributed by atoms with E-state index in [1.165, 1.54) is 11.6 Å². The molecule has 0 amide bonds. The van der Waals surface area contributed by atoms with E-state index >= 15 is 0 Å². The van der Waals surface area contributed by atoms with Gasteiger partial charge in [-0.25, -0.2) is 0 Å². The summed E-state index contributed by atoms with van der Waals surface area (Å²) in [4.78, 5) is 15.0. The van der Waals surface area contributed by atoms with E-state index in [9.17, 15) is 10.1 Å². The first-order valence-electron chi connectivity index (χ1n) is 8.02. The van der Waals surface area contributed by atoms with Gasteiger partial charge in [0, 0.05) is 18.8 Å². The number of aryl methyl sites for hydroxylation is 2. The summed E-state index contributed by atoms with van der Waals surface area (Å²) in [5.74, 6) is 0.860. The van der Waals surface area contributed by atoms with Crippen molar-refractivity contribution in [2.75, 3.05) is 18.5 Å². The van der Waals surface area contributed by atoms with E-state index in [4.69, 9.17) is 4.74 Å². The standard InChI is InChI=1S/C19H19N3O3/c1-13-5-8-18(14(2)12-13)25-11-10-20-16-6-7-17(22(23)24)15-4-3-9-21-19(15)16/h3-9,12,20H,10-11H2,1-2H3. The first-order chi connectivity index (χ1) is 12.1. The maximum absolute atomic E-state index is 11.1. The van der Waals surface area contributed by atoms with Gasteiger partial charge in [0.1, 0.15) is 17.9 Å². The Morgan fingerprint density at radius 3 is 2.80 bits per heavy atom. The smallest absolute Gasteiger partial charge is 0.278 e. The molecule has 0 aliphatic rings. The highest BCUT2D eigenvalue weighted by molar-refractivity contribution is 5.96. The SMILES string of the molecule is Cc1ccc(OCCNc2ccc([N+](=O)[O-])c3cccnc23)c(C)c1. The molecule has 6 nitrogen and oxygen atoms in total. The Hall–Kier alpha value is -3.15. The number of anilines is 1. The first kappa shape index (κ1) is 16.7. The van der Waals surface area contributed by atoms with Crippen LogP contribution in [0.15, 0.2) is 48.7 Å². The van der Waals surface area contributed by atoms with Crippen LogP contribution in [0.25, 0.3) is 10.9 Å². The fourth-order valence-corrected chi connectivity index (χ4v) is 2.77. The van der Waals surface area contributed by atoms with Gasteiger partial charge in [-0.05, 0) is 43.7 Å². The van der Waals surface area contributed by atoms with Gasteiger partial charge >= 0.3 is 0 Å². The Labute approximate surface area is 145 Å². The third-order valence-corrected chi connectivity index (χ3v) is 3.95. The first-order valence-corrected chi connectivity index (χ1v) is 8.02. The molecule has 0 saturated heterocycles.